The first-order valence-electron chi connectivity index (χ1n) is 9.16. The summed E-state index contributed by atoms with van der Waals surface area (Å²) in [5.74, 6) is -0.864. The van der Waals surface area contributed by atoms with Gasteiger partial charge < -0.3 is 14.4 Å². The third kappa shape index (κ3) is 5.17. The molecule has 6 nitrogen and oxygen atoms in total. The van der Waals surface area contributed by atoms with E-state index >= 15 is 0 Å². The van der Waals surface area contributed by atoms with E-state index in [9.17, 15) is 13.4 Å². The van der Waals surface area contributed by atoms with E-state index in [0.717, 1.165) is 31.1 Å². The summed E-state index contributed by atoms with van der Waals surface area (Å²) in [6.07, 6.45) is 3.15. The van der Waals surface area contributed by atoms with Gasteiger partial charge in [0.25, 0.3) is 5.91 Å². The Labute approximate surface area is 186 Å². The summed E-state index contributed by atoms with van der Waals surface area (Å²) in [6.45, 7) is 1.12. The summed E-state index contributed by atoms with van der Waals surface area (Å²) in [7, 11) is -0.0488. The van der Waals surface area contributed by atoms with Crippen LogP contribution in [0.15, 0.2) is 30.3 Å². The molecule has 10 heteroatoms. The minimum Gasteiger partial charge on any atom is -0.495 e. The number of hydrogen-bond acceptors (Lipinski definition) is 5. The molecule has 0 aliphatic carbocycles. The molecule has 0 spiro atoms. The molecule has 2 atom stereocenters. The van der Waals surface area contributed by atoms with Gasteiger partial charge in [0.2, 0.25) is 0 Å². The number of ether oxygens (including phenoxy) is 2. The molecule has 0 radical (unpaired) electrons. The highest BCUT2D eigenvalue weighted by Gasteiger charge is 2.26. The predicted molar refractivity (Wildman–Crippen MR) is 117 cm³/mol. The van der Waals surface area contributed by atoms with Gasteiger partial charge in [-0.2, -0.15) is 0 Å². The summed E-state index contributed by atoms with van der Waals surface area (Å²) in [5.41, 5.74) is 0.654. The zero-order chi connectivity index (χ0) is 21.8. The van der Waals surface area contributed by atoms with Crippen molar-refractivity contribution in [1.82, 2.24) is 4.72 Å². The highest BCUT2D eigenvalue weighted by molar-refractivity contribution is 7.82. The quantitative estimate of drug-likeness (QED) is 0.650. The predicted octanol–water partition coefficient (Wildman–Crippen LogP) is 4.21. The fourth-order valence-corrected chi connectivity index (χ4v) is 4.21. The van der Waals surface area contributed by atoms with E-state index < -0.39 is 22.7 Å². The van der Waals surface area contributed by atoms with Crippen molar-refractivity contribution in [2.75, 3.05) is 31.4 Å². The van der Waals surface area contributed by atoms with Crippen molar-refractivity contribution in [3.05, 3.63) is 51.8 Å². The van der Waals surface area contributed by atoms with Crippen LogP contribution < -0.4 is 19.1 Å². The molecule has 1 aliphatic heterocycles. The number of halogens is 3. The lowest BCUT2D eigenvalue weighted by atomic mass is 10.2. The first-order valence-corrected chi connectivity index (χ1v) is 11.5. The zero-order valence-corrected chi connectivity index (χ0v) is 18.7. The molecule has 0 aromatic heterocycles. The Kier molecular flexibility index (Phi) is 7.44. The minimum absolute atomic E-state index is 0.0547. The molecule has 1 saturated heterocycles. The number of nitrogens with zero attached hydrogens (tertiary/aromatic N) is 1. The topological polar surface area (TPSA) is 67.9 Å². The standard InChI is InChI=1S/C20H21Cl2FN2O4S/c1-28-18-6-5-12(8-15(18)21)25-7-3-4-13(25)11-29-19-10-17(23)14(9-16(19)22)20(26)24-30(2)27/h5-6,8-10,13H,3-4,7,11H2,1-2H3,(H,24,26). The van der Waals surface area contributed by atoms with Gasteiger partial charge in [0.15, 0.2) is 0 Å². The van der Waals surface area contributed by atoms with Crippen LogP contribution in [0.1, 0.15) is 23.2 Å². The molecule has 1 heterocycles. The van der Waals surface area contributed by atoms with Crippen LogP contribution >= 0.6 is 23.2 Å². The zero-order valence-electron chi connectivity index (χ0n) is 16.4. The second kappa shape index (κ2) is 9.85. The molecule has 2 unspecified atom stereocenters. The van der Waals surface area contributed by atoms with Crippen molar-refractivity contribution in [3.63, 3.8) is 0 Å². The van der Waals surface area contributed by atoms with Crippen LogP contribution in [0.25, 0.3) is 0 Å². The Bertz CT molecular complexity index is 976. The van der Waals surface area contributed by atoms with E-state index in [-0.39, 0.29) is 29.0 Å². The molecule has 1 aliphatic rings. The van der Waals surface area contributed by atoms with Crippen LogP contribution in [0.4, 0.5) is 10.1 Å². The highest BCUT2D eigenvalue weighted by atomic mass is 35.5. The summed E-state index contributed by atoms with van der Waals surface area (Å²) in [6, 6.07) is 7.88. The van der Waals surface area contributed by atoms with Crippen LogP contribution in [0.2, 0.25) is 10.0 Å². The number of carbonyl (C=O) groups excluding carboxylic acids is 1. The number of rotatable bonds is 7. The van der Waals surface area contributed by atoms with Gasteiger partial charge in [-0.15, -0.1) is 0 Å². The first-order chi connectivity index (χ1) is 14.3. The van der Waals surface area contributed by atoms with E-state index in [2.05, 4.69) is 9.62 Å². The Morgan fingerprint density at radius 1 is 1.27 bits per heavy atom. The Balaban J connectivity index is 1.71. The minimum atomic E-state index is -1.61. The molecule has 1 N–H and O–H groups in total. The highest BCUT2D eigenvalue weighted by Crippen LogP contribution is 2.34. The average molecular weight is 475 g/mol. The molecule has 1 fully saturated rings. The van der Waals surface area contributed by atoms with Gasteiger partial charge in [0, 0.05) is 24.6 Å². The number of amides is 1. The van der Waals surface area contributed by atoms with Gasteiger partial charge >= 0.3 is 0 Å². The van der Waals surface area contributed by atoms with Crippen molar-refractivity contribution in [2.45, 2.75) is 18.9 Å². The van der Waals surface area contributed by atoms with Gasteiger partial charge in [-0.1, -0.05) is 23.2 Å². The van der Waals surface area contributed by atoms with Crippen LogP contribution in [0, 0.1) is 5.82 Å². The van der Waals surface area contributed by atoms with Crippen molar-refractivity contribution >= 4 is 45.8 Å². The first kappa shape index (κ1) is 22.7. The second-order valence-corrected chi connectivity index (χ2v) is 8.69. The van der Waals surface area contributed by atoms with E-state index in [1.165, 1.54) is 12.3 Å². The van der Waals surface area contributed by atoms with E-state index in [0.29, 0.717) is 10.8 Å². The van der Waals surface area contributed by atoms with Crippen LogP contribution in [0.3, 0.4) is 0 Å². The lowest BCUT2D eigenvalue weighted by molar-refractivity contribution is 0.0979. The molecule has 1 amide bonds. The Hall–Kier alpha value is -2.03. The summed E-state index contributed by atoms with van der Waals surface area (Å²) < 4.78 is 38.6. The Morgan fingerprint density at radius 2 is 2.00 bits per heavy atom. The van der Waals surface area contributed by atoms with Crippen molar-refractivity contribution in [3.8, 4) is 11.5 Å². The van der Waals surface area contributed by atoms with E-state index in [1.54, 1.807) is 7.11 Å². The monoisotopic (exact) mass is 474 g/mol. The molecule has 3 rings (SSSR count). The number of methoxy groups -OCH3 is 1. The maximum atomic E-state index is 14.4. The molecule has 0 saturated carbocycles. The number of benzene rings is 2. The molecule has 2 aromatic rings. The Morgan fingerprint density at radius 3 is 2.67 bits per heavy atom. The van der Waals surface area contributed by atoms with Gasteiger partial charge in [-0.05, 0) is 37.1 Å². The molecular weight excluding hydrogens is 454 g/mol. The van der Waals surface area contributed by atoms with Crippen LogP contribution in [-0.2, 0) is 11.0 Å². The number of carbonyl (C=O) groups is 1. The summed E-state index contributed by atoms with van der Waals surface area (Å²) >= 11 is 12.4. The van der Waals surface area contributed by atoms with E-state index in [1.807, 2.05) is 18.2 Å². The number of nitrogens with one attached hydrogen (secondary N) is 1. The van der Waals surface area contributed by atoms with Gasteiger partial charge in [0.1, 0.15) is 34.9 Å². The van der Waals surface area contributed by atoms with Crippen LogP contribution in [-0.4, -0.2) is 42.7 Å². The number of anilines is 1. The molecule has 162 valence electrons. The largest absolute Gasteiger partial charge is 0.495 e. The molecular formula is C20H21Cl2FN2O4S. The van der Waals surface area contributed by atoms with Crippen molar-refractivity contribution in [1.29, 1.82) is 0 Å². The molecule has 2 aromatic carbocycles. The lowest BCUT2D eigenvalue weighted by Crippen LogP contribution is -2.34. The van der Waals surface area contributed by atoms with Gasteiger partial charge in [-0.25, -0.2) is 8.60 Å². The third-order valence-electron chi connectivity index (χ3n) is 4.78. The maximum Gasteiger partial charge on any atom is 0.265 e. The smallest absolute Gasteiger partial charge is 0.265 e. The van der Waals surface area contributed by atoms with Gasteiger partial charge in [0.05, 0.1) is 28.8 Å². The van der Waals surface area contributed by atoms with Crippen molar-refractivity contribution in [2.24, 2.45) is 0 Å². The average Bonchev–Trinajstić information content (AvgIpc) is 3.16. The number of hydrogen-bond donors (Lipinski definition) is 1. The van der Waals surface area contributed by atoms with E-state index in [4.69, 9.17) is 32.7 Å². The van der Waals surface area contributed by atoms with Crippen LogP contribution in [0.5, 0.6) is 11.5 Å². The molecule has 30 heavy (non-hydrogen) atoms. The second-order valence-electron chi connectivity index (χ2n) is 6.77. The van der Waals surface area contributed by atoms with Gasteiger partial charge in [-0.3, -0.25) is 9.52 Å². The normalized spacial score (nSPS) is 17.0. The van der Waals surface area contributed by atoms with Crippen molar-refractivity contribution < 1.29 is 22.9 Å². The summed E-state index contributed by atoms with van der Waals surface area (Å²) in [4.78, 5) is 14.1. The maximum absolute atomic E-state index is 14.4. The molecule has 0 bridgehead atoms. The third-order valence-corrected chi connectivity index (χ3v) is 5.84. The fourth-order valence-electron chi connectivity index (χ4n) is 3.37. The fraction of sp³-hybridized carbons (Fsp3) is 0.350. The SMILES string of the molecule is COc1ccc(N2CCCC2COc2cc(F)c(C(=O)NS(C)=O)cc2Cl)cc1Cl. The lowest BCUT2D eigenvalue weighted by Gasteiger charge is -2.27. The summed E-state index contributed by atoms with van der Waals surface area (Å²) in [5, 5.41) is 0.619.